The molecule has 3 N–H and O–H groups in total. The van der Waals surface area contributed by atoms with Gasteiger partial charge in [-0.05, 0) is 42.0 Å². The van der Waals surface area contributed by atoms with Crippen LogP contribution in [0.15, 0.2) is 65.2 Å². The molecule has 4 rings (SSSR count). The zero-order chi connectivity index (χ0) is 22.0. The summed E-state index contributed by atoms with van der Waals surface area (Å²) < 4.78 is 25.0. The number of primary sulfonamides is 1. The molecule has 0 saturated carbocycles. The number of sulfonamides is 1. The van der Waals surface area contributed by atoms with Gasteiger partial charge in [-0.2, -0.15) is 11.8 Å². The summed E-state index contributed by atoms with van der Waals surface area (Å²) in [5, 5.41) is 9.18. The zero-order valence-electron chi connectivity index (χ0n) is 17.4. The van der Waals surface area contributed by atoms with Crippen LogP contribution in [0.5, 0.6) is 0 Å². The molecule has 0 fully saturated rings. The van der Waals surface area contributed by atoms with Gasteiger partial charge in [0.25, 0.3) is 0 Å². The number of fused-ring (bicyclic) bond motifs is 1. The van der Waals surface area contributed by atoms with E-state index in [0.29, 0.717) is 17.5 Å². The van der Waals surface area contributed by atoms with Gasteiger partial charge in [-0.15, -0.1) is 0 Å². The molecule has 2 aromatic heterocycles. The molecule has 1 aliphatic rings. The monoisotopic (exact) mass is 455 g/mol. The van der Waals surface area contributed by atoms with E-state index in [9.17, 15) is 8.42 Å². The molecule has 3 aromatic rings. The number of hydrogen-bond donors (Lipinski definition) is 2. The Morgan fingerprint density at radius 3 is 2.71 bits per heavy atom. The maximum absolute atomic E-state index is 11.5. The Morgan fingerprint density at radius 2 is 2.00 bits per heavy atom. The number of nitrogens with one attached hydrogen (secondary N) is 1. The number of hydrogen-bond acceptors (Lipinski definition) is 6. The lowest BCUT2D eigenvalue weighted by molar-refractivity contribution is 0.598. The minimum atomic E-state index is -3.71. The quantitative estimate of drug-likeness (QED) is 0.567. The maximum Gasteiger partial charge on any atom is 0.238 e. The summed E-state index contributed by atoms with van der Waals surface area (Å²) in [5.41, 5.74) is 4.09. The molecular weight excluding hydrogens is 430 g/mol. The van der Waals surface area contributed by atoms with Crippen LogP contribution in [0.25, 0.3) is 11.0 Å². The van der Waals surface area contributed by atoms with Gasteiger partial charge in [0.2, 0.25) is 10.0 Å². The SMILES string of the molecule is CSC1CC=CC=C1CNc1nc(Cc2ccc(S(N)(=O)=O)cc2)nc2ccn(C)c12. The van der Waals surface area contributed by atoms with E-state index in [1.54, 1.807) is 12.1 Å². The lowest BCUT2D eigenvalue weighted by Crippen LogP contribution is -2.17. The van der Waals surface area contributed by atoms with Gasteiger partial charge in [0.05, 0.1) is 10.4 Å². The molecule has 31 heavy (non-hydrogen) atoms. The molecule has 0 radical (unpaired) electrons. The highest BCUT2D eigenvalue weighted by molar-refractivity contribution is 7.99. The molecule has 162 valence electrons. The van der Waals surface area contributed by atoms with Crippen LogP contribution < -0.4 is 10.5 Å². The van der Waals surface area contributed by atoms with E-state index in [4.69, 9.17) is 15.1 Å². The number of nitrogens with two attached hydrogens (primary N) is 1. The summed E-state index contributed by atoms with van der Waals surface area (Å²) in [6.07, 6.45) is 12.1. The summed E-state index contributed by atoms with van der Waals surface area (Å²) in [5.74, 6) is 1.47. The van der Waals surface area contributed by atoms with E-state index in [0.717, 1.165) is 35.4 Å². The second kappa shape index (κ2) is 8.86. The van der Waals surface area contributed by atoms with Crippen LogP contribution in [-0.4, -0.2) is 41.0 Å². The van der Waals surface area contributed by atoms with Crippen molar-refractivity contribution in [2.75, 3.05) is 18.1 Å². The Bertz CT molecular complexity index is 1260. The van der Waals surface area contributed by atoms with E-state index in [1.807, 2.05) is 35.6 Å². The second-order valence-corrected chi connectivity index (χ2v) is 10.1. The normalized spacial score (nSPS) is 16.5. The number of aromatic nitrogens is 3. The number of anilines is 1. The van der Waals surface area contributed by atoms with Crippen molar-refractivity contribution in [2.24, 2.45) is 12.2 Å². The minimum absolute atomic E-state index is 0.0937. The van der Waals surface area contributed by atoms with Crippen LogP contribution in [0.2, 0.25) is 0 Å². The van der Waals surface area contributed by atoms with Crippen molar-refractivity contribution in [3.05, 3.63) is 71.7 Å². The van der Waals surface area contributed by atoms with E-state index in [2.05, 4.69) is 29.8 Å². The topological polar surface area (TPSA) is 103 Å². The molecule has 0 aliphatic heterocycles. The molecule has 0 amide bonds. The van der Waals surface area contributed by atoms with Gasteiger partial charge in [-0.1, -0.05) is 30.4 Å². The zero-order valence-corrected chi connectivity index (χ0v) is 19.1. The third-order valence-electron chi connectivity index (χ3n) is 5.33. The predicted octanol–water partition coefficient (Wildman–Crippen LogP) is 3.24. The van der Waals surface area contributed by atoms with Crippen LogP contribution >= 0.6 is 11.8 Å². The van der Waals surface area contributed by atoms with Crippen molar-refractivity contribution in [2.45, 2.75) is 23.0 Å². The molecule has 1 aromatic carbocycles. The van der Waals surface area contributed by atoms with Gasteiger partial charge in [0.15, 0.2) is 5.82 Å². The van der Waals surface area contributed by atoms with Gasteiger partial charge < -0.3 is 9.88 Å². The summed E-state index contributed by atoms with van der Waals surface area (Å²) in [4.78, 5) is 9.60. The highest BCUT2D eigenvalue weighted by Crippen LogP contribution is 2.26. The van der Waals surface area contributed by atoms with Crippen molar-refractivity contribution >= 4 is 38.6 Å². The maximum atomic E-state index is 11.5. The largest absolute Gasteiger partial charge is 0.364 e. The standard InChI is InChI=1S/C22H25N5O2S2/c1-27-12-11-18-21(27)22(24-14-16-5-3-4-6-19(16)30-2)26-20(25-18)13-15-7-9-17(10-8-15)31(23,28)29/h3-5,7-12,19H,6,13-14H2,1-2H3,(H2,23,28,29)(H,24,25,26). The molecule has 1 atom stereocenters. The van der Waals surface area contributed by atoms with Crippen LogP contribution in [0.3, 0.4) is 0 Å². The lowest BCUT2D eigenvalue weighted by Gasteiger charge is -2.20. The predicted molar refractivity (Wildman–Crippen MR) is 127 cm³/mol. The van der Waals surface area contributed by atoms with Crippen molar-refractivity contribution < 1.29 is 8.42 Å². The highest BCUT2D eigenvalue weighted by atomic mass is 32.2. The molecular formula is C22H25N5O2S2. The summed E-state index contributed by atoms with van der Waals surface area (Å²) in [6, 6.07) is 8.48. The number of thioether (sulfide) groups is 1. The van der Waals surface area contributed by atoms with Gasteiger partial charge in [0, 0.05) is 31.5 Å². The van der Waals surface area contributed by atoms with E-state index in [1.165, 1.54) is 17.7 Å². The van der Waals surface area contributed by atoms with E-state index < -0.39 is 10.0 Å². The minimum Gasteiger partial charge on any atom is -0.364 e. The van der Waals surface area contributed by atoms with Crippen LogP contribution in [0.4, 0.5) is 5.82 Å². The first kappa shape index (κ1) is 21.6. The molecule has 1 unspecified atom stereocenters. The number of benzene rings is 1. The molecule has 2 heterocycles. The Hall–Kier alpha value is -2.62. The number of aryl methyl sites for hydroxylation is 1. The van der Waals surface area contributed by atoms with Gasteiger partial charge in [-0.3, -0.25) is 0 Å². The summed E-state index contributed by atoms with van der Waals surface area (Å²) in [6.45, 7) is 0.718. The van der Waals surface area contributed by atoms with Crippen molar-refractivity contribution in [3.8, 4) is 0 Å². The fraction of sp³-hybridized carbons (Fsp3) is 0.273. The number of rotatable bonds is 7. The first-order chi connectivity index (χ1) is 14.8. The fourth-order valence-corrected chi connectivity index (χ4v) is 4.97. The average molecular weight is 456 g/mol. The molecule has 7 nitrogen and oxygen atoms in total. The second-order valence-electron chi connectivity index (χ2n) is 7.50. The first-order valence-electron chi connectivity index (χ1n) is 9.91. The third-order valence-corrected chi connectivity index (χ3v) is 7.33. The van der Waals surface area contributed by atoms with Crippen LogP contribution in [-0.2, 0) is 23.5 Å². The average Bonchev–Trinajstić information content (AvgIpc) is 3.13. The van der Waals surface area contributed by atoms with Gasteiger partial charge >= 0.3 is 0 Å². The molecule has 0 spiro atoms. The lowest BCUT2D eigenvalue weighted by atomic mass is 10.0. The fourth-order valence-electron chi connectivity index (χ4n) is 3.68. The third kappa shape index (κ3) is 4.84. The Morgan fingerprint density at radius 1 is 1.23 bits per heavy atom. The molecule has 1 aliphatic carbocycles. The Balaban J connectivity index is 1.61. The number of allylic oxidation sites excluding steroid dienone is 3. The van der Waals surface area contributed by atoms with E-state index >= 15 is 0 Å². The molecule has 0 saturated heterocycles. The Labute approximate surface area is 186 Å². The van der Waals surface area contributed by atoms with Crippen molar-refractivity contribution in [1.82, 2.24) is 14.5 Å². The van der Waals surface area contributed by atoms with E-state index in [-0.39, 0.29) is 4.90 Å². The molecule has 9 heteroatoms. The summed E-state index contributed by atoms with van der Waals surface area (Å²) in [7, 11) is -1.72. The summed E-state index contributed by atoms with van der Waals surface area (Å²) >= 11 is 1.86. The van der Waals surface area contributed by atoms with Gasteiger partial charge in [-0.25, -0.2) is 23.5 Å². The number of nitrogens with zero attached hydrogens (tertiary/aromatic N) is 3. The van der Waals surface area contributed by atoms with Crippen LogP contribution in [0.1, 0.15) is 17.8 Å². The smallest absolute Gasteiger partial charge is 0.238 e. The van der Waals surface area contributed by atoms with Crippen LogP contribution in [0, 0.1) is 0 Å². The highest BCUT2D eigenvalue weighted by Gasteiger charge is 2.16. The Kier molecular flexibility index (Phi) is 6.17. The first-order valence-corrected chi connectivity index (χ1v) is 12.7. The van der Waals surface area contributed by atoms with Gasteiger partial charge in [0.1, 0.15) is 11.3 Å². The molecule has 0 bridgehead atoms. The van der Waals surface area contributed by atoms with Crippen molar-refractivity contribution in [1.29, 1.82) is 0 Å². The van der Waals surface area contributed by atoms with Crippen molar-refractivity contribution in [3.63, 3.8) is 0 Å².